The number of nitrogens with zero attached hydrogens (tertiary/aromatic N) is 4. The van der Waals surface area contributed by atoms with Gasteiger partial charge in [-0.05, 0) is 62.8 Å². The molecule has 2 aliphatic heterocycles. The molecule has 3 heterocycles. The average Bonchev–Trinajstić information content (AvgIpc) is 2.95. The number of piperidine rings is 1. The van der Waals surface area contributed by atoms with Crippen molar-refractivity contribution in [2.24, 2.45) is 0 Å². The van der Waals surface area contributed by atoms with E-state index in [1.54, 1.807) is 0 Å². The van der Waals surface area contributed by atoms with Gasteiger partial charge in [-0.2, -0.15) is 0 Å². The van der Waals surface area contributed by atoms with Crippen molar-refractivity contribution in [1.29, 1.82) is 0 Å². The van der Waals surface area contributed by atoms with E-state index in [0.717, 1.165) is 80.6 Å². The lowest BCUT2D eigenvalue weighted by molar-refractivity contribution is 0.0664. The Kier molecular flexibility index (Phi) is 6.77. The van der Waals surface area contributed by atoms with Gasteiger partial charge in [0.1, 0.15) is 0 Å². The quantitative estimate of drug-likeness (QED) is 0.414. The SMILES string of the molecule is CN1CCN(C(=O)c2ccc3c(N(Cc4ccccc4)C4CCNCC4)c4ccccc4nc3c2)CC1. The zero-order valence-corrected chi connectivity index (χ0v) is 21.6. The monoisotopic (exact) mass is 493 g/mol. The fourth-order valence-electron chi connectivity index (χ4n) is 5.79. The maximum absolute atomic E-state index is 13.4. The second kappa shape index (κ2) is 10.5. The van der Waals surface area contributed by atoms with Crippen LogP contribution >= 0.6 is 0 Å². The summed E-state index contributed by atoms with van der Waals surface area (Å²) in [5, 5.41) is 5.81. The van der Waals surface area contributed by atoms with E-state index in [4.69, 9.17) is 4.98 Å². The van der Waals surface area contributed by atoms with Gasteiger partial charge in [0.05, 0.1) is 16.7 Å². The van der Waals surface area contributed by atoms with Crippen LogP contribution in [0.1, 0.15) is 28.8 Å². The lowest BCUT2D eigenvalue weighted by Crippen LogP contribution is -2.47. The van der Waals surface area contributed by atoms with Gasteiger partial charge >= 0.3 is 0 Å². The summed E-state index contributed by atoms with van der Waals surface area (Å²) in [5.74, 6) is 0.103. The van der Waals surface area contributed by atoms with Gasteiger partial charge < -0.3 is 20.0 Å². The van der Waals surface area contributed by atoms with Crippen LogP contribution in [0.2, 0.25) is 0 Å². The molecule has 0 atom stereocenters. The number of carbonyl (C=O) groups is 1. The molecule has 1 aromatic heterocycles. The number of likely N-dealkylation sites (N-methyl/N-ethyl adjacent to an activating group) is 1. The second-order valence-corrected chi connectivity index (χ2v) is 10.4. The molecular weight excluding hydrogens is 458 g/mol. The molecular formula is C31H35N5O. The molecule has 2 fully saturated rings. The molecule has 0 aliphatic carbocycles. The Morgan fingerprint density at radius 3 is 2.38 bits per heavy atom. The predicted octanol–water partition coefficient (Wildman–Crippen LogP) is 4.53. The molecule has 0 saturated carbocycles. The highest BCUT2D eigenvalue weighted by atomic mass is 16.2. The number of pyridine rings is 1. The Bertz CT molecular complexity index is 1390. The summed E-state index contributed by atoms with van der Waals surface area (Å²) in [6.07, 6.45) is 2.20. The molecule has 0 unspecified atom stereocenters. The van der Waals surface area contributed by atoms with Crippen LogP contribution < -0.4 is 10.2 Å². The molecule has 0 bridgehead atoms. The molecule has 0 radical (unpaired) electrons. The second-order valence-electron chi connectivity index (χ2n) is 10.4. The van der Waals surface area contributed by atoms with E-state index < -0.39 is 0 Å². The lowest BCUT2D eigenvalue weighted by Gasteiger charge is -2.38. The Morgan fingerprint density at radius 1 is 0.892 bits per heavy atom. The van der Waals surface area contributed by atoms with Gasteiger partial charge in [-0.3, -0.25) is 4.79 Å². The van der Waals surface area contributed by atoms with Crippen molar-refractivity contribution in [1.82, 2.24) is 20.1 Å². The molecule has 6 heteroatoms. The van der Waals surface area contributed by atoms with Crippen molar-refractivity contribution in [2.45, 2.75) is 25.4 Å². The van der Waals surface area contributed by atoms with E-state index in [-0.39, 0.29) is 5.91 Å². The minimum absolute atomic E-state index is 0.103. The summed E-state index contributed by atoms with van der Waals surface area (Å²) in [7, 11) is 2.11. The van der Waals surface area contributed by atoms with E-state index >= 15 is 0 Å². The van der Waals surface area contributed by atoms with Crippen LogP contribution in [0.25, 0.3) is 21.8 Å². The van der Waals surface area contributed by atoms with Crippen molar-refractivity contribution in [3.05, 3.63) is 83.9 Å². The normalized spacial score (nSPS) is 17.4. The fourth-order valence-corrected chi connectivity index (χ4v) is 5.79. The zero-order valence-electron chi connectivity index (χ0n) is 21.6. The van der Waals surface area contributed by atoms with Gasteiger partial charge in [0.25, 0.3) is 5.91 Å². The highest BCUT2D eigenvalue weighted by Crippen LogP contribution is 2.37. The fraction of sp³-hybridized carbons (Fsp3) is 0.355. The largest absolute Gasteiger partial charge is 0.363 e. The minimum Gasteiger partial charge on any atom is -0.363 e. The highest BCUT2D eigenvalue weighted by molar-refractivity contribution is 6.09. The van der Waals surface area contributed by atoms with Gasteiger partial charge in [0.15, 0.2) is 0 Å². The molecule has 6 nitrogen and oxygen atoms in total. The first-order chi connectivity index (χ1) is 18.2. The van der Waals surface area contributed by atoms with E-state index in [9.17, 15) is 4.79 Å². The lowest BCUT2D eigenvalue weighted by atomic mass is 9.98. The zero-order chi connectivity index (χ0) is 25.2. The number of rotatable bonds is 5. The molecule has 1 N–H and O–H groups in total. The minimum atomic E-state index is 0.103. The molecule has 37 heavy (non-hydrogen) atoms. The number of piperazine rings is 1. The maximum atomic E-state index is 13.4. The average molecular weight is 494 g/mol. The molecule has 6 rings (SSSR count). The topological polar surface area (TPSA) is 51.7 Å². The van der Waals surface area contributed by atoms with Gasteiger partial charge in [0.2, 0.25) is 0 Å². The maximum Gasteiger partial charge on any atom is 0.254 e. The van der Waals surface area contributed by atoms with Crippen molar-refractivity contribution in [3.8, 4) is 0 Å². The number of anilines is 1. The van der Waals surface area contributed by atoms with Crippen LogP contribution in [-0.4, -0.2) is 73.0 Å². The van der Waals surface area contributed by atoms with E-state index in [1.807, 2.05) is 17.0 Å². The van der Waals surface area contributed by atoms with Crippen LogP contribution in [0, 0.1) is 0 Å². The van der Waals surface area contributed by atoms with E-state index in [1.165, 1.54) is 16.6 Å². The number of para-hydroxylation sites is 1. The Balaban J connectivity index is 1.47. The Labute approximate surface area is 218 Å². The molecule has 3 aromatic carbocycles. The predicted molar refractivity (Wildman–Crippen MR) is 151 cm³/mol. The number of fused-ring (bicyclic) bond motifs is 2. The van der Waals surface area contributed by atoms with Crippen LogP contribution in [0.4, 0.5) is 5.69 Å². The number of amides is 1. The first-order valence-corrected chi connectivity index (χ1v) is 13.5. The van der Waals surface area contributed by atoms with Crippen molar-refractivity contribution < 1.29 is 4.79 Å². The Morgan fingerprint density at radius 2 is 1.59 bits per heavy atom. The third kappa shape index (κ3) is 4.91. The van der Waals surface area contributed by atoms with Gasteiger partial charge in [-0.1, -0.05) is 48.5 Å². The van der Waals surface area contributed by atoms with Gasteiger partial charge in [-0.25, -0.2) is 4.98 Å². The summed E-state index contributed by atoms with van der Waals surface area (Å²) in [4.78, 5) is 25.3. The Hall–Kier alpha value is -3.48. The first-order valence-electron chi connectivity index (χ1n) is 13.5. The molecule has 1 amide bonds. The molecule has 2 saturated heterocycles. The van der Waals surface area contributed by atoms with Crippen molar-refractivity contribution in [3.63, 3.8) is 0 Å². The van der Waals surface area contributed by atoms with E-state index in [2.05, 4.69) is 82.8 Å². The number of hydrogen-bond acceptors (Lipinski definition) is 5. The molecule has 190 valence electrons. The molecule has 4 aromatic rings. The van der Waals surface area contributed by atoms with Crippen molar-refractivity contribution in [2.75, 3.05) is 51.2 Å². The summed E-state index contributed by atoms with van der Waals surface area (Å²) < 4.78 is 0. The van der Waals surface area contributed by atoms with Crippen LogP contribution in [0.5, 0.6) is 0 Å². The highest BCUT2D eigenvalue weighted by Gasteiger charge is 2.26. The third-order valence-electron chi connectivity index (χ3n) is 7.92. The van der Waals surface area contributed by atoms with Gasteiger partial charge in [0, 0.05) is 55.1 Å². The number of nitrogens with one attached hydrogen (secondary N) is 1. The molecule has 2 aliphatic rings. The summed E-state index contributed by atoms with van der Waals surface area (Å²) in [6.45, 7) is 6.26. The first kappa shape index (κ1) is 23.9. The van der Waals surface area contributed by atoms with Gasteiger partial charge in [-0.15, -0.1) is 0 Å². The van der Waals surface area contributed by atoms with E-state index in [0.29, 0.717) is 6.04 Å². The summed E-state index contributed by atoms with van der Waals surface area (Å²) in [5.41, 5.74) is 5.12. The number of carbonyl (C=O) groups excluding carboxylic acids is 1. The van der Waals surface area contributed by atoms with Crippen molar-refractivity contribution >= 4 is 33.4 Å². The number of benzene rings is 3. The summed E-state index contributed by atoms with van der Waals surface area (Å²) >= 11 is 0. The third-order valence-corrected chi connectivity index (χ3v) is 7.92. The standard InChI is InChI=1S/C31H35N5O/c1-34-17-19-35(20-18-34)31(37)24-11-12-27-29(21-24)33-28-10-6-5-9-26(28)30(27)36(25-13-15-32-16-14-25)22-23-7-3-2-4-8-23/h2-12,21,25,32H,13-20,22H2,1H3. The van der Waals surface area contributed by atoms with Crippen LogP contribution in [0.3, 0.4) is 0 Å². The van der Waals surface area contributed by atoms with Crippen LogP contribution in [0.15, 0.2) is 72.8 Å². The van der Waals surface area contributed by atoms with Crippen LogP contribution in [-0.2, 0) is 6.54 Å². The summed E-state index contributed by atoms with van der Waals surface area (Å²) in [6, 6.07) is 25.8. The smallest absolute Gasteiger partial charge is 0.254 e. The number of hydrogen-bond donors (Lipinski definition) is 1. The molecule has 0 spiro atoms. The number of aromatic nitrogens is 1.